The third kappa shape index (κ3) is 3.70. The van der Waals surface area contributed by atoms with E-state index in [0.29, 0.717) is 28.7 Å². The number of aromatic nitrogens is 3. The zero-order chi connectivity index (χ0) is 18.5. The minimum atomic E-state index is -0.574. The summed E-state index contributed by atoms with van der Waals surface area (Å²) >= 11 is 0. The number of hydrogen-bond acceptors (Lipinski definition) is 8. The number of nitrogen functional groups attached to an aromatic ring is 1. The molecule has 3 rings (SSSR count). The molecule has 3 aromatic rings. The lowest BCUT2D eigenvalue weighted by molar-refractivity contribution is 0.631. The van der Waals surface area contributed by atoms with Gasteiger partial charge in [0.2, 0.25) is 0 Å². The van der Waals surface area contributed by atoms with Gasteiger partial charge in [0.15, 0.2) is 0 Å². The number of nitrogens with zero attached hydrogens (tertiary/aromatic N) is 4. The molecule has 0 atom stereocenters. The minimum absolute atomic E-state index is 0.176. The number of benzene rings is 1. The van der Waals surface area contributed by atoms with Crippen molar-refractivity contribution in [1.82, 2.24) is 15.0 Å². The molecule has 0 bridgehead atoms. The fourth-order valence-corrected chi connectivity index (χ4v) is 2.16. The van der Waals surface area contributed by atoms with Crippen LogP contribution in [-0.2, 0) is 0 Å². The van der Waals surface area contributed by atoms with Crippen LogP contribution in [0, 0.1) is 22.6 Å². The van der Waals surface area contributed by atoms with E-state index in [9.17, 15) is 4.39 Å². The maximum Gasteiger partial charge on any atom is 0.147 e. The van der Waals surface area contributed by atoms with Gasteiger partial charge in [0.1, 0.15) is 29.6 Å². The highest BCUT2D eigenvalue weighted by Crippen LogP contribution is 2.25. The number of nitrogens with one attached hydrogen (secondary N) is 3. The third-order valence-electron chi connectivity index (χ3n) is 3.40. The summed E-state index contributed by atoms with van der Waals surface area (Å²) in [6, 6.07) is 9.12. The second kappa shape index (κ2) is 7.23. The molecule has 128 valence electrons. The molecule has 0 fully saturated rings. The summed E-state index contributed by atoms with van der Waals surface area (Å²) < 4.78 is 14.1. The van der Waals surface area contributed by atoms with E-state index in [1.165, 1.54) is 24.7 Å². The van der Waals surface area contributed by atoms with Gasteiger partial charge in [-0.25, -0.2) is 19.3 Å². The number of pyridine rings is 1. The summed E-state index contributed by atoms with van der Waals surface area (Å²) in [6.07, 6.45) is 3.88. The normalized spacial score (nSPS) is 10.0. The standard InChI is InChI=1S/C17H13FN8/c18-12-3-10(6-19)1-2-13(12)25-14-4-16(22-8-11(14)7-20)26-17-5-15(21)23-9-24-17/h1-5,7-9,20H,(H4,21,22,23,24,25,26). The van der Waals surface area contributed by atoms with Crippen LogP contribution in [0.5, 0.6) is 0 Å². The zero-order valence-corrected chi connectivity index (χ0v) is 13.4. The molecular weight excluding hydrogens is 335 g/mol. The van der Waals surface area contributed by atoms with Gasteiger partial charge >= 0.3 is 0 Å². The number of hydrogen-bond donors (Lipinski definition) is 4. The van der Waals surface area contributed by atoms with Crippen LogP contribution in [0.4, 0.5) is 33.2 Å². The van der Waals surface area contributed by atoms with E-state index < -0.39 is 5.82 Å². The SMILES string of the molecule is N#Cc1ccc(Nc2cc(Nc3cc(N)ncn3)ncc2C=N)c(F)c1. The molecule has 0 saturated heterocycles. The monoisotopic (exact) mass is 348 g/mol. The van der Waals surface area contributed by atoms with Gasteiger partial charge in [-0.1, -0.05) is 0 Å². The first-order valence-electron chi connectivity index (χ1n) is 7.41. The molecule has 2 heterocycles. The quantitative estimate of drug-likeness (QED) is 0.520. The predicted molar refractivity (Wildman–Crippen MR) is 96.2 cm³/mol. The van der Waals surface area contributed by atoms with Gasteiger partial charge in [0.05, 0.1) is 23.0 Å². The van der Waals surface area contributed by atoms with E-state index in [0.717, 1.165) is 12.3 Å². The Labute approximate surface area is 148 Å². The summed E-state index contributed by atoms with van der Waals surface area (Å²) in [4.78, 5) is 12.0. The highest BCUT2D eigenvalue weighted by molar-refractivity contribution is 5.88. The van der Waals surface area contributed by atoms with Gasteiger partial charge in [0, 0.05) is 30.1 Å². The average molecular weight is 348 g/mol. The number of anilines is 5. The highest BCUT2D eigenvalue weighted by atomic mass is 19.1. The Bertz CT molecular complexity index is 1010. The first kappa shape index (κ1) is 16.8. The lowest BCUT2D eigenvalue weighted by atomic mass is 10.2. The Hall–Kier alpha value is -4.06. The van der Waals surface area contributed by atoms with Gasteiger partial charge in [-0.2, -0.15) is 5.26 Å². The van der Waals surface area contributed by atoms with Crippen molar-refractivity contribution < 1.29 is 4.39 Å². The summed E-state index contributed by atoms with van der Waals surface area (Å²) in [6.45, 7) is 0. The van der Waals surface area contributed by atoms with E-state index in [-0.39, 0.29) is 11.3 Å². The molecule has 0 spiro atoms. The Morgan fingerprint density at radius 1 is 1.08 bits per heavy atom. The minimum Gasteiger partial charge on any atom is -0.384 e. The average Bonchev–Trinajstić information content (AvgIpc) is 2.63. The van der Waals surface area contributed by atoms with Gasteiger partial charge in [0.25, 0.3) is 0 Å². The van der Waals surface area contributed by atoms with Crippen LogP contribution < -0.4 is 16.4 Å². The van der Waals surface area contributed by atoms with Crippen molar-refractivity contribution in [1.29, 1.82) is 10.7 Å². The summed E-state index contributed by atoms with van der Waals surface area (Å²) in [5, 5.41) is 22.2. The van der Waals surface area contributed by atoms with E-state index >= 15 is 0 Å². The Morgan fingerprint density at radius 3 is 2.58 bits per heavy atom. The number of nitrogens with two attached hydrogens (primary N) is 1. The summed E-state index contributed by atoms with van der Waals surface area (Å²) in [5.74, 6) is 0.597. The van der Waals surface area contributed by atoms with Crippen LogP contribution >= 0.6 is 0 Å². The Balaban J connectivity index is 1.91. The lowest BCUT2D eigenvalue weighted by Gasteiger charge is -2.12. The molecule has 0 amide bonds. The molecule has 0 radical (unpaired) electrons. The van der Waals surface area contributed by atoms with Crippen molar-refractivity contribution >= 4 is 35.0 Å². The number of rotatable bonds is 5. The number of nitriles is 1. The van der Waals surface area contributed by atoms with Crippen molar-refractivity contribution in [3.05, 3.63) is 59.8 Å². The maximum absolute atomic E-state index is 14.1. The molecule has 8 nitrogen and oxygen atoms in total. The first-order valence-corrected chi connectivity index (χ1v) is 7.41. The molecule has 5 N–H and O–H groups in total. The lowest BCUT2D eigenvalue weighted by Crippen LogP contribution is -2.03. The first-order chi connectivity index (χ1) is 12.6. The van der Waals surface area contributed by atoms with Gasteiger partial charge in [-0.05, 0) is 18.2 Å². The van der Waals surface area contributed by atoms with E-state index in [1.54, 1.807) is 12.1 Å². The maximum atomic E-state index is 14.1. The fraction of sp³-hybridized carbons (Fsp3) is 0. The van der Waals surface area contributed by atoms with Crippen LogP contribution in [0.15, 0.2) is 42.9 Å². The van der Waals surface area contributed by atoms with Crippen LogP contribution in [-0.4, -0.2) is 21.2 Å². The van der Waals surface area contributed by atoms with E-state index in [1.807, 2.05) is 6.07 Å². The molecule has 0 aliphatic carbocycles. The second-order valence-corrected chi connectivity index (χ2v) is 5.19. The van der Waals surface area contributed by atoms with Crippen molar-refractivity contribution in [3.8, 4) is 6.07 Å². The summed E-state index contributed by atoms with van der Waals surface area (Å²) in [7, 11) is 0. The molecular formula is C17H13FN8. The second-order valence-electron chi connectivity index (χ2n) is 5.19. The van der Waals surface area contributed by atoms with Crippen molar-refractivity contribution in [2.24, 2.45) is 0 Å². The van der Waals surface area contributed by atoms with Crippen LogP contribution in [0.3, 0.4) is 0 Å². The molecule has 26 heavy (non-hydrogen) atoms. The van der Waals surface area contributed by atoms with E-state index in [2.05, 4.69) is 25.6 Å². The summed E-state index contributed by atoms with van der Waals surface area (Å²) in [5.41, 5.74) is 6.93. The molecule has 2 aromatic heterocycles. The van der Waals surface area contributed by atoms with Gasteiger partial charge in [-0.3, -0.25) is 0 Å². The third-order valence-corrected chi connectivity index (χ3v) is 3.40. The molecule has 1 aromatic carbocycles. The Kier molecular flexibility index (Phi) is 4.67. The van der Waals surface area contributed by atoms with Crippen molar-refractivity contribution in [3.63, 3.8) is 0 Å². The molecule has 0 saturated carbocycles. The van der Waals surface area contributed by atoms with Crippen molar-refractivity contribution in [2.45, 2.75) is 0 Å². The molecule has 9 heteroatoms. The van der Waals surface area contributed by atoms with Crippen molar-refractivity contribution in [2.75, 3.05) is 16.4 Å². The fourth-order valence-electron chi connectivity index (χ4n) is 2.16. The van der Waals surface area contributed by atoms with E-state index in [4.69, 9.17) is 16.4 Å². The highest BCUT2D eigenvalue weighted by Gasteiger charge is 2.09. The van der Waals surface area contributed by atoms with Gasteiger partial charge < -0.3 is 21.8 Å². The van der Waals surface area contributed by atoms with Crippen LogP contribution in [0.2, 0.25) is 0 Å². The molecule has 0 unspecified atom stereocenters. The Morgan fingerprint density at radius 2 is 1.88 bits per heavy atom. The van der Waals surface area contributed by atoms with Crippen LogP contribution in [0.25, 0.3) is 0 Å². The van der Waals surface area contributed by atoms with Gasteiger partial charge in [-0.15, -0.1) is 0 Å². The largest absolute Gasteiger partial charge is 0.384 e. The van der Waals surface area contributed by atoms with Crippen LogP contribution in [0.1, 0.15) is 11.1 Å². The zero-order valence-electron chi connectivity index (χ0n) is 13.4. The smallest absolute Gasteiger partial charge is 0.147 e. The molecule has 0 aliphatic rings. The topological polar surface area (TPSA) is 136 Å². The molecule has 0 aliphatic heterocycles. The predicted octanol–water partition coefficient (Wildman–Crippen LogP) is 2.95. The number of halogens is 1.